The van der Waals surface area contributed by atoms with E-state index in [0.717, 1.165) is 11.4 Å². The summed E-state index contributed by atoms with van der Waals surface area (Å²) in [5, 5.41) is 11.5. The number of methoxy groups -OCH3 is 1. The highest BCUT2D eigenvalue weighted by Gasteiger charge is 2.19. The quantitative estimate of drug-likeness (QED) is 0.512. The molecule has 0 saturated heterocycles. The molecule has 0 amide bonds. The van der Waals surface area contributed by atoms with Crippen LogP contribution in [0, 0.1) is 0 Å². The normalized spacial score (nSPS) is 11.6. The van der Waals surface area contributed by atoms with Crippen molar-refractivity contribution in [2.24, 2.45) is 4.99 Å². The van der Waals surface area contributed by atoms with E-state index in [1.54, 1.807) is 48.9 Å². The number of para-hydroxylation sites is 2. The Morgan fingerprint density at radius 3 is 2.28 bits per heavy atom. The van der Waals surface area contributed by atoms with Gasteiger partial charge in [-0.3, -0.25) is 14.4 Å². The van der Waals surface area contributed by atoms with E-state index in [1.165, 1.54) is 0 Å². The van der Waals surface area contributed by atoms with Crippen LogP contribution >= 0.6 is 0 Å². The highest BCUT2D eigenvalue weighted by molar-refractivity contribution is 6.06. The zero-order valence-corrected chi connectivity index (χ0v) is 16.2. The SMILES string of the molecule is COc1ccc(N=C(C)c2c(O)c3ccccc3n(-c3ccccc3)c2=O)cc1. The zero-order valence-electron chi connectivity index (χ0n) is 16.2. The Morgan fingerprint density at radius 1 is 0.931 bits per heavy atom. The third-order valence-corrected chi connectivity index (χ3v) is 4.80. The molecule has 5 nitrogen and oxygen atoms in total. The third kappa shape index (κ3) is 3.38. The molecule has 1 heterocycles. The Balaban J connectivity index is 1.97. The van der Waals surface area contributed by atoms with Crippen LogP contribution in [0.1, 0.15) is 12.5 Å². The van der Waals surface area contributed by atoms with Crippen molar-refractivity contribution in [1.82, 2.24) is 4.57 Å². The standard InChI is InChI=1S/C24H20N2O3/c1-16(25-17-12-14-19(29-2)15-13-17)22-23(27)20-10-6-7-11-21(20)26(24(22)28)18-8-4-3-5-9-18/h3-15,27H,1-2H3. The van der Waals surface area contributed by atoms with Gasteiger partial charge in [-0.25, -0.2) is 0 Å². The third-order valence-electron chi connectivity index (χ3n) is 4.80. The summed E-state index contributed by atoms with van der Waals surface area (Å²) < 4.78 is 6.78. The number of ether oxygens (including phenoxy) is 1. The number of aliphatic imine (C=N–C) groups is 1. The molecule has 4 rings (SSSR count). The highest BCUT2D eigenvalue weighted by Crippen LogP contribution is 2.29. The molecule has 1 N–H and O–H groups in total. The number of hydrogen-bond acceptors (Lipinski definition) is 4. The average Bonchev–Trinajstić information content (AvgIpc) is 2.75. The lowest BCUT2D eigenvalue weighted by atomic mass is 10.1. The number of hydrogen-bond donors (Lipinski definition) is 1. The van der Waals surface area contributed by atoms with Crippen molar-refractivity contribution in [2.75, 3.05) is 7.11 Å². The number of aromatic hydroxyl groups is 1. The molecule has 5 heteroatoms. The Kier molecular flexibility index (Phi) is 4.87. The average molecular weight is 384 g/mol. The molecule has 0 bridgehead atoms. The monoisotopic (exact) mass is 384 g/mol. The van der Waals surface area contributed by atoms with Crippen molar-refractivity contribution in [3.8, 4) is 17.2 Å². The number of aromatic nitrogens is 1. The Bertz CT molecular complexity index is 1260. The van der Waals surface area contributed by atoms with Crippen LogP contribution in [-0.2, 0) is 0 Å². The fourth-order valence-corrected chi connectivity index (χ4v) is 3.39. The topological polar surface area (TPSA) is 63.8 Å². The van der Waals surface area contributed by atoms with Gasteiger partial charge in [-0.2, -0.15) is 0 Å². The van der Waals surface area contributed by atoms with Gasteiger partial charge in [0.1, 0.15) is 17.1 Å². The molecule has 0 saturated carbocycles. The predicted octanol–water partition coefficient (Wildman–Crippen LogP) is 4.85. The van der Waals surface area contributed by atoms with E-state index in [-0.39, 0.29) is 16.9 Å². The molecule has 3 aromatic carbocycles. The molecule has 0 spiro atoms. The van der Waals surface area contributed by atoms with E-state index >= 15 is 0 Å². The van der Waals surface area contributed by atoms with Crippen molar-refractivity contribution in [3.63, 3.8) is 0 Å². The lowest BCUT2D eigenvalue weighted by Gasteiger charge is -2.15. The van der Waals surface area contributed by atoms with Crippen LogP contribution in [0.3, 0.4) is 0 Å². The van der Waals surface area contributed by atoms with Gasteiger partial charge >= 0.3 is 0 Å². The van der Waals surface area contributed by atoms with Crippen molar-refractivity contribution < 1.29 is 9.84 Å². The van der Waals surface area contributed by atoms with Gasteiger partial charge in [0.05, 0.1) is 24.0 Å². The first-order valence-corrected chi connectivity index (χ1v) is 9.22. The first-order chi connectivity index (χ1) is 14.1. The predicted molar refractivity (Wildman–Crippen MR) is 116 cm³/mol. The molecule has 0 fully saturated rings. The van der Waals surface area contributed by atoms with E-state index in [2.05, 4.69) is 4.99 Å². The molecule has 0 aliphatic rings. The lowest BCUT2D eigenvalue weighted by Crippen LogP contribution is -2.25. The van der Waals surface area contributed by atoms with Crippen LogP contribution in [0.5, 0.6) is 11.5 Å². The van der Waals surface area contributed by atoms with E-state index in [1.807, 2.05) is 48.5 Å². The molecule has 0 aliphatic heterocycles. The van der Waals surface area contributed by atoms with E-state index < -0.39 is 0 Å². The van der Waals surface area contributed by atoms with Crippen LogP contribution in [0.4, 0.5) is 5.69 Å². The molecule has 1 aromatic heterocycles. The Labute approximate surface area is 168 Å². The van der Waals surface area contributed by atoms with Crippen LogP contribution < -0.4 is 10.3 Å². The zero-order chi connectivity index (χ0) is 20.4. The van der Waals surface area contributed by atoms with Crippen molar-refractivity contribution in [3.05, 3.63) is 94.8 Å². The van der Waals surface area contributed by atoms with Gasteiger partial charge in [-0.1, -0.05) is 30.3 Å². The summed E-state index contributed by atoms with van der Waals surface area (Å²) in [4.78, 5) is 18.0. The number of rotatable bonds is 4. The molecule has 144 valence electrons. The minimum Gasteiger partial charge on any atom is -0.506 e. The van der Waals surface area contributed by atoms with Gasteiger partial charge < -0.3 is 9.84 Å². The summed E-state index contributed by atoms with van der Waals surface area (Å²) in [6.45, 7) is 1.73. The number of fused-ring (bicyclic) bond motifs is 1. The second-order valence-corrected chi connectivity index (χ2v) is 6.61. The molecule has 4 aromatic rings. The van der Waals surface area contributed by atoms with Gasteiger partial charge in [0.2, 0.25) is 0 Å². The van der Waals surface area contributed by atoms with E-state index in [4.69, 9.17) is 4.74 Å². The fraction of sp³-hybridized carbons (Fsp3) is 0.0833. The molecule has 0 unspecified atom stereocenters. The van der Waals surface area contributed by atoms with Gasteiger partial charge in [0, 0.05) is 11.1 Å². The van der Waals surface area contributed by atoms with Gasteiger partial charge in [0.25, 0.3) is 5.56 Å². The first-order valence-electron chi connectivity index (χ1n) is 9.22. The van der Waals surface area contributed by atoms with Crippen molar-refractivity contribution in [1.29, 1.82) is 0 Å². The molecular formula is C24H20N2O3. The summed E-state index contributed by atoms with van der Waals surface area (Å²) in [6, 6.07) is 23.9. The lowest BCUT2D eigenvalue weighted by molar-refractivity contribution is 0.415. The van der Waals surface area contributed by atoms with Crippen molar-refractivity contribution >= 4 is 22.3 Å². The maximum absolute atomic E-state index is 13.4. The largest absolute Gasteiger partial charge is 0.506 e. The number of benzene rings is 3. The summed E-state index contributed by atoms with van der Waals surface area (Å²) in [5.74, 6) is 0.661. The molecule has 0 atom stereocenters. The van der Waals surface area contributed by atoms with E-state index in [9.17, 15) is 9.90 Å². The summed E-state index contributed by atoms with van der Waals surface area (Å²) in [5.41, 5.74) is 2.34. The minimum absolute atomic E-state index is 0.0625. The summed E-state index contributed by atoms with van der Waals surface area (Å²) >= 11 is 0. The summed E-state index contributed by atoms with van der Waals surface area (Å²) in [7, 11) is 1.60. The second-order valence-electron chi connectivity index (χ2n) is 6.61. The van der Waals surface area contributed by atoms with E-state index in [0.29, 0.717) is 22.3 Å². The molecular weight excluding hydrogens is 364 g/mol. The van der Waals surface area contributed by atoms with Crippen LogP contribution in [0.2, 0.25) is 0 Å². The van der Waals surface area contributed by atoms with Crippen LogP contribution in [0.25, 0.3) is 16.6 Å². The Hall–Kier alpha value is -3.86. The minimum atomic E-state index is -0.317. The number of nitrogens with zero attached hydrogens (tertiary/aromatic N) is 2. The fourth-order valence-electron chi connectivity index (χ4n) is 3.39. The van der Waals surface area contributed by atoms with Gasteiger partial charge in [-0.15, -0.1) is 0 Å². The highest BCUT2D eigenvalue weighted by atomic mass is 16.5. The maximum atomic E-state index is 13.4. The maximum Gasteiger partial charge on any atom is 0.268 e. The molecule has 0 radical (unpaired) electrons. The van der Waals surface area contributed by atoms with Gasteiger partial charge in [-0.05, 0) is 55.5 Å². The second kappa shape index (κ2) is 7.64. The summed E-state index contributed by atoms with van der Waals surface area (Å²) in [6.07, 6.45) is 0. The van der Waals surface area contributed by atoms with Crippen LogP contribution in [0.15, 0.2) is 88.6 Å². The molecule has 29 heavy (non-hydrogen) atoms. The van der Waals surface area contributed by atoms with Crippen molar-refractivity contribution in [2.45, 2.75) is 6.92 Å². The molecule has 0 aliphatic carbocycles. The first kappa shape index (κ1) is 18.5. The van der Waals surface area contributed by atoms with Crippen LogP contribution in [-0.4, -0.2) is 22.5 Å². The number of pyridine rings is 1. The smallest absolute Gasteiger partial charge is 0.268 e. The Morgan fingerprint density at radius 2 is 1.59 bits per heavy atom. The van der Waals surface area contributed by atoms with Gasteiger partial charge in [0.15, 0.2) is 0 Å².